The first-order chi connectivity index (χ1) is 17.1. The van der Waals surface area contributed by atoms with E-state index in [-0.39, 0.29) is 11.8 Å². The number of amides is 2. The maximum Gasteiger partial charge on any atom is 0.323 e. The third-order valence-electron chi connectivity index (χ3n) is 5.70. The topological polar surface area (TPSA) is 109 Å². The molecule has 5 rings (SSSR count). The van der Waals surface area contributed by atoms with Crippen molar-refractivity contribution in [2.24, 2.45) is 0 Å². The smallest absolute Gasteiger partial charge is 0.323 e. The summed E-state index contributed by atoms with van der Waals surface area (Å²) < 4.78 is 5.49. The molecule has 0 aliphatic carbocycles. The van der Waals surface area contributed by atoms with Crippen LogP contribution in [0.2, 0.25) is 0 Å². The van der Waals surface area contributed by atoms with Crippen LogP contribution >= 0.6 is 0 Å². The Morgan fingerprint density at radius 1 is 0.886 bits per heavy atom. The summed E-state index contributed by atoms with van der Waals surface area (Å²) in [6, 6.07) is 17.5. The normalized spacial score (nSPS) is 13.5. The largest absolute Gasteiger partial charge is 0.378 e. The standard InChI is InChI=1S/C26H24N6O3/c1-17(33)18-4-8-20(9-5-18)28-26(34)29-21-10-6-19(7-11-21)24-30-22-3-2-12-27-23(22)25(31-24)32-13-15-35-16-14-32/h2-12H,13-16H2,1H3,(H2,28,29,34). The molecule has 2 aromatic heterocycles. The maximum atomic E-state index is 12.4. The molecule has 2 amide bonds. The van der Waals surface area contributed by atoms with Gasteiger partial charge in [0.25, 0.3) is 0 Å². The minimum Gasteiger partial charge on any atom is -0.378 e. The number of nitrogens with zero attached hydrogens (tertiary/aromatic N) is 4. The van der Waals surface area contributed by atoms with Gasteiger partial charge in [0.2, 0.25) is 0 Å². The molecule has 4 aromatic rings. The molecule has 0 unspecified atom stereocenters. The number of Topliss-reactive ketones (excluding diaryl/α,β-unsaturated/α-hetero) is 1. The van der Waals surface area contributed by atoms with Gasteiger partial charge in [-0.05, 0) is 67.6 Å². The van der Waals surface area contributed by atoms with Gasteiger partial charge in [-0.25, -0.2) is 14.8 Å². The fourth-order valence-corrected chi connectivity index (χ4v) is 3.86. The molecule has 1 aliphatic heterocycles. The monoisotopic (exact) mass is 468 g/mol. The number of rotatable bonds is 5. The highest BCUT2D eigenvalue weighted by Crippen LogP contribution is 2.27. The molecule has 0 atom stereocenters. The highest BCUT2D eigenvalue weighted by molar-refractivity contribution is 6.00. The van der Waals surface area contributed by atoms with Gasteiger partial charge in [0.05, 0.1) is 18.7 Å². The number of hydrogen-bond donors (Lipinski definition) is 2. The van der Waals surface area contributed by atoms with E-state index < -0.39 is 0 Å². The summed E-state index contributed by atoms with van der Waals surface area (Å²) in [7, 11) is 0. The summed E-state index contributed by atoms with van der Waals surface area (Å²) in [6.45, 7) is 4.30. The number of pyridine rings is 1. The highest BCUT2D eigenvalue weighted by Gasteiger charge is 2.18. The van der Waals surface area contributed by atoms with Crippen LogP contribution in [-0.2, 0) is 4.74 Å². The number of aromatic nitrogens is 3. The summed E-state index contributed by atoms with van der Waals surface area (Å²) >= 11 is 0. The number of morpholine rings is 1. The molecule has 176 valence electrons. The van der Waals surface area contributed by atoms with Gasteiger partial charge in [-0.1, -0.05) is 0 Å². The molecule has 1 fully saturated rings. The first kappa shape index (κ1) is 22.4. The van der Waals surface area contributed by atoms with Gasteiger partial charge in [0.15, 0.2) is 17.4 Å². The van der Waals surface area contributed by atoms with Crippen molar-refractivity contribution in [3.05, 3.63) is 72.4 Å². The number of urea groups is 1. The minimum atomic E-state index is -0.379. The van der Waals surface area contributed by atoms with Gasteiger partial charge >= 0.3 is 6.03 Å². The Kier molecular flexibility index (Phi) is 6.32. The van der Waals surface area contributed by atoms with E-state index in [1.807, 2.05) is 24.3 Å². The van der Waals surface area contributed by atoms with Crippen LogP contribution in [0.3, 0.4) is 0 Å². The van der Waals surface area contributed by atoms with E-state index in [4.69, 9.17) is 14.7 Å². The second-order valence-electron chi connectivity index (χ2n) is 8.13. The number of carbonyl (C=O) groups is 2. The second kappa shape index (κ2) is 9.86. The molecule has 35 heavy (non-hydrogen) atoms. The molecule has 9 heteroatoms. The molecule has 2 aromatic carbocycles. The number of hydrogen-bond acceptors (Lipinski definition) is 7. The molecule has 0 radical (unpaired) electrons. The Hall–Kier alpha value is -4.37. The molecule has 1 saturated heterocycles. The first-order valence-electron chi connectivity index (χ1n) is 11.3. The molecular weight excluding hydrogens is 444 g/mol. The summed E-state index contributed by atoms with van der Waals surface area (Å²) in [6.07, 6.45) is 1.75. The number of ether oxygens (including phenoxy) is 1. The SMILES string of the molecule is CC(=O)c1ccc(NC(=O)Nc2ccc(-c3nc(N4CCOCC4)c4ncccc4n3)cc2)cc1. The van der Waals surface area contributed by atoms with Crippen molar-refractivity contribution in [2.75, 3.05) is 41.8 Å². The predicted octanol–water partition coefficient (Wildman–Crippen LogP) is 4.38. The Bertz CT molecular complexity index is 1370. The van der Waals surface area contributed by atoms with E-state index in [2.05, 4.69) is 20.5 Å². The Morgan fingerprint density at radius 3 is 2.20 bits per heavy atom. The lowest BCUT2D eigenvalue weighted by atomic mass is 10.1. The van der Waals surface area contributed by atoms with Crippen molar-refractivity contribution in [2.45, 2.75) is 6.92 Å². The molecule has 3 heterocycles. The third-order valence-corrected chi connectivity index (χ3v) is 5.70. The van der Waals surface area contributed by atoms with Gasteiger partial charge in [0.1, 0.15) is 5.52 Å². The van der Waals surface area contributed by atoms with Gasteiger partial charge in [-0.3, -0.25) is 9.78 Å². The number of anilines is 3. The van der Waals surface area contributed by atoms with Crippen LogP contribution in [-0.4, -0.2) is 53.1 Å². The number of fused-ring (bicyclic) bond motifs is 1. The van der Waals surface area contributed by atoms with Crippen LogP contribution in [0.5, 0.6) is 0 Å². The van der Waals surface area contributed by atoms with E-state index in [9.17, 15) is 9.59 Å². The third kappa shape index (κ3) is 5.10. The molecule has 0 saturated carbocycles. The highest BCUT2D eigenvalue weighted by atomic mass is 16.5. The predicted molar refractivity (Wildman–Crippen MR) is 135 cm³/mol. The first-order valence-corrected chi connectivity index (χ1v) is 11.3. The van der Waals surface area contributed by atoms with Crippen molar-refractivity contribution in [3.8, 4) is 11.4 Å². The zero-order valence-corrected chi connectivity index (χ0v) is 19.2. The average molecular weight is 469 g/mol. The lowest BCUT2D eigenvalue weighted by Crippen LogP contribution is -2.37. The summed E-state index contributed by atoms with van der Waals surface area (Å²) in [5.74, 6) is 1.37. The van der Waals surface area contributed by atoms with Crippen molar-refractivity contribution in [3.63, 3.8) is 0 Å². The Balaban J connectivity index is 1.33. The fourth-order valence-electron chi connectivity index (χ4n) is 3.86. The van der Waals surface area contributed by atoms with E-state index in [0.717, 1.165) is 35.5 Å². The average Bonchev–Trinajstić information content (AvgIpc) is 2.89. The van der Waals surface area contributed by atoms with Crippen LogP contribution in [0.25, 0.3) is 22.4 Å². The van der Waals surface area contributed by atoms with Crippen molar-refractivity contribution < 1.29 is 14.3 Å². The molecule has 0 spiro atoms. The van der Waals surface area contributed by atoms with Crippen molar-refractivity contribution in [1.82, 2.24) is 15.0 Å². The summed E-state index contributed by atoms with van der Waals surface area (Å²) in [4.78, 5) is 40.0. The molecular formula is C26H24N6O3. The number of benzene rings is 2. The van der Waals surface area contributed by atoms with E-state index >= 15 is 0 Å². The van der Waals surface area contributed by atoms with Crippen LogP contribution in [0.15, 0.2) is 66.9 Å². The lowest BCUT2D eigenvalue weighted by molar-refractivity contribution is 0.101. The van der Waals surface area contributed by atoms with E-state index in [0.29, 0.717) is 36.0 Å². The van der Waals surface area contributed by atoms with Crippen LogP contribution in [0.4, 0.5) is 22.0 Å². The summed E-state index contributed by atoms with van der Waals surface area (Å²) in [5, 5.41) is 5.57. The van der Waals surface area contributed by atoms with E-state index in [1.54, 1.807) is 42.6 Å². The van der Waals surface area contributed by atoms with Gasteiger partial charge < -0.3 is 20.3 Å². The quantitative estimate of drug-likeness (QED) is 0.419. The maximum absolute atomic E-state index is 12.4. The van der Waals surface area contributed by atoms with Gasteiger partial charge in [-0.15, -0.1) is 0 Å². The van der Waals surface area contributed by atoms with E-state index in [1.165, 1.54) is 6.92 Å². The zero-order valence-electron chi connectivity index (χ0n) is 19.2. The van der Waals surface area contributed by atoms with Crippen molar-refractivity contribution >= 4 is 40.0 Å². The van der Waals surface area contributed by atoms with Crippen molar-refractivity contribution in [1.29, 1.82) is 0 Å². The molecule has 1 aliphatic rings. The van der Waals surface area contributed by atoms with Gasteiger partial charge in [-0.2, -0.15) is 0 Å². The number of ketones is 1. The Morgan fingerprint density at radius 2 is 1.54 bits per heavy atom. The minimum absolute atomic E-state index is 0.0233. The van der Waals surface area contributed by atoms with Gasteiger partial charge in [0, 0.05) is 41.8 Å². The molecule has 0 bridgehead atoms. The Labute approximate surface area is 202 Å². The van der Waals surface area contributed by atoms with Crippen LogP contribution in [0, 0.1) is 0 Å². The second-order valence-corrected chi connectivity index (χ2v) is 8.13. The summed E-state index contributed by atoms with van der Waals surface area (Å²) in [5.41, 5.74) is 4.19. The van der Waals surface area contributed by atoms with Crippen LogP contribution in [0.1, 0.15) is 17.3 Å². The molecule has 9 nitrogen and oxygen atoms in total. The molecule has 2 N–H and O–H groups in total. The zero-order chi connectivity index (χ0) is 24.2. The number of nitrogens with one attached hydrogen (secondary N) is 2. The fraction of sp³-hybridized carbons (Fsp3) is 0.192. The van der Waals surface area contributed by atoms with Crippen LogP contribution < -0.4 is 15.5 Å². The number of carbonyl (C=O) groups excluding carboxylic acids is 2. The lowest BCUT2D eigenvalue weighted by Gasteiger charge is -2.28.